The van der Waals surface area contributed by atoms with Crippen LogP contribution in [-0.2, 0) is 21.4 Å². The van der Waals surface area contributed by atoms with Crippen LogP contribution in [0.15, 0.2) is 68.8 Å². The maximum absolute atomic E-state index is 12.8. The van der Waals surface area contributed by atoms with E-state index in [2.05, 4.69) is 10.6 Å². The maximum Gasteiger partial charge on any atom is 0.291 e. The molecule has 2 aromatic heterocycles. The number of carbonyl (C=O) groups excluding carboxylic acids is 2. The Labute approximate surface area is 183 Å². The van der Waals surface area contributed by atoms with Crippen LogP contribution in [0.25, 0.3) is 0 Å². The van der Waals surface area contributed by atoms with E-state index in [9.17, 15) is 18.0 Å². The quantitative estimate of drug-likeness (QED) is 0.564. The normalized spacial score (nSPS) is 16.8. The summed E-state index contributed by atoms with van der Waals surface area (Å²) < 4.78 is 32.2. The number of hydrogen-bond acceptors (Lipinski definition) is 6. The van der Waals surface area contributed by atoms with E-state index < -0.39 is 16.1 Å². The molecule has 10 heteroatoms. The fourth-order valence-electron chi connectivity index (χ4n) is 3.43. The summed E-state index contributed by atoms with van der Waals surface area (Å²) in [5, 5.41) is 7.26. The summed E-state index contributed by atoms with van der Waals surface area (Å²) in [6.45, 7) is 0.594. The van der Waals surface area contributed by atoms with Gasteiger partial charge in [0.1, 0.15) is 10.3 Å². The van der Waals surface area contributed by atoms with Crippen LogP contribution in [0.4, 0.5) is 5.69 Å². The van der Waals surface area contributed by atoms with Gasteiger partial charge in [-0.3, -0.25) is 9.59 Å². The minimum Gasteiger partial charge on any atom is -0.459 e. The van der Waals surface area contributed by atoms with E-state index in [1.165, 1.54) is 10.6 Å². The fraction of sp³-hybridized carbons (Fsp3) is 0.238. The Morgan fingerprint density at radius 2 is 1.94 bits per heavy atom. The molecular formula is C21H21N3O5S2. The van der Waals surface area contributed by atoms with Gasteiger partial charge in [0.15, 0.2) is 5.76 Å². The Morgan fingerprint density at radius 1 is 1.13 bits per heavy atom. The first-order chi connectivity index (χ1) is 14.9. The molecule has 4 rings (SSSR count). The van der Waals surface area contributed by atoms with Gasteiger partial charge >= 0.3 is 0 Å². The van der Waals surface area contributed by atoms with Crippen molar-refractivity contribution in [1.82, 2.24) is 9.62 Å². The third-order valence-corrected chi connectivity index (χ3v) is 8.27. The van der Waals surface area contributed by atoms with Crippen LogP contribution in [0, 0.1) is 0 Å². The second-order valence-electron chi connectivity index (χ2n) is 7.05. The number of nitrogens with zero attached hydrogens (tertiary/aromatic N) is 1. The monoisotopic (exact) mass is 459 g/mol. The van der Waals surface area contributed by atoms with Gasteiger partial charge in [0.2, 0.25) is 5.91 Å². The fourth-order valence-corrected chi connectivity index (χ4v) is 6.21. The second-order valence-corrected chi connectivity index (χ2v) is 10.1. The molecule has 1 aliphatic rings. The van der Waals surface area contributed by atoms with Gasteiger partial charge in [-0.15, -0.1) is 11.3 Å². The summed E-state index contributed by atoms with van der Waals surface area (Å²) in [4.78, 5) is 24.7. The van der Waals surface area contributed by atoms with E-state index >= 15 is 0 Å². The van der Waals surface area contributed by atoms with Gasteiger partial charge in [-0.2, -0.15) is 4.31 Å². The van der Waals surface area contributed by atoms with Gasteiger partial charge in [-0.25, -0.2) is 8.42 Å². The highest BCUT2D eigenvalue weighted by Crippen LogP contribution is 2.28. The number of rotatable bonds is 7. The lowest BCUT2D eigenvalue weighted by Gasteiger charge is -2.22. The van der Waals surface area contributed by atoms with Crippen molar-refractivity contribution in [2.24, 2.45) is 0 Å². The van der Waals surface area contributed by atoms with Gasteiger partial charge in [-0.1, -0.05) is 18.2 Å². The molecular weight excluding hydrogens is 438 g/mol. The van der Waals surface area contributed by atoms with Crippen LogP contribution in [0.5, 0.6) is 0 Å². The summed E-state index contributed by atoms with van der Waals surface area (Å²) >= 11 is 1.15. The number of anilines is 1. The van der Waals surface area contributed by atoms with Crippen LogP contribution in [-0.4, -0.2) is 37.1 Å². The Morgan fingerprint density at radius 3 is 2.61 bits per heavy atom. The van der Waals surface area contributed by atoms with Crippen molar-refractivity contribution in [3.05, 3.63) is 71.5 Å². The van der Waals surface area contributed by atoms with Crippen molar-refractivity contribution in [1.29, 1.82) is 0 Å². The standard InChI is InChI=1S/C21H21N3O5S2/c25-20(17-4-1-11-24(17)31(27,28)19-6-3-13-30-19)22-14-15-7-9-16(10-8-15)23-21(26)18-5-2-12-29-18/h2-3,5-10,12-13,17H,1,4,11,14H2,(H,22,25)(H,23,26). The summed E-state index contributed by atoms with van der Waals surface area (Å²) in [5.41, 5.74) is 1.43. The summed E-state index contributed by atoms with van der Waals surface area (Å²) in [6, 6.07) is 12.8. The molecule has 0 radical (unpaired) electrons. The number of hydrogen-bond donors (Lipinski definition) is 2. The largest absolute Gasteiger partial charge is 0.459 e. The predicted octanol–water partition coefficient (Wildman–Crippen LogP) is 3.06. The molecule has 31 heavy (non-hydrogen) atoms. The molecule has 1 atom stereocenters. The minimum absolute atomic E-state index is 0.218. The van der Waals surface area contributed by atoms with Crippen LogP contribution in [0.1, 0.15) is 29.0 Å². The summed E-state index contributed by atoms with van der Waals surface area (Å²) in [6.07, 6.45) is 2.57. The number of benzene rings is 1. The zero-order valence-electron chi connectivity index (χ0n) is 16.5. The maximum atomic E-state index is 12.8. The molecule has 0 aliphatic carbocycles. The highest BCUT2D eigenvalue weighted by atomic mass is 32.2. The number of nitrogens with one attached hydrogen (secondary N) is 2. The molecule has 1 aliphatic heterocycles. The lowest BCUT2D eigenvalue weighted by molar-refractivity contribution is -0.124. The summed E-state index contributed by atoms with van der Waals surface area (Å²) in [7, 11) is -3.67. The van der Waals surface area contributed by atoms with Crippen LogP contribution in [0.3, 0.4) is 0 Å². The zero-order chi connectivity index (χ0) is 21.8. The molecule has 2 amide bonds. The van der Waals surface area contributed by atoms with Crippen molar-refractivity contribution in [2.75, 3.05) is 11.9 Å². The Hall–Kier alpha value is -2.95. The molecule has 2 N–H and O–H groups in total. The Bertz CT molecular complexity index is 1140. The highest BCUT2D eigenvalue weighted by molar-refractivity contribution is 7.91. The number of amides is 2. The first kappa shape index (κ1) is 21.3. The van der Waals surface area contributed by atoms with Gasteiger partial charge < -0.3 is 15.1 Å². The molecule has 1 saturated heterocycles. The average Bonchev–Trinajstić information content (AvgIpc) is 3.54. The average molecular weight is 460 g/mol. The zero-order valence-corrected chi connectivity index (χ0v) is 18.1. The van der Waals surface area contributed by atoms with Crippen LogP contribution >= 0.6 is 11.3 Å². The predicted molar refractivity (Wildman–Crippen MR) is 116 cm³/mol. The number of carbonyl (C=O) groups is 2. The molecule has 3 heterocycles. The molecule has 0 spiro atoms. The van der Waals surface area contributed by atoms with E-state index in [0.29, 0.717) is 25.1 Å². The van der Waals surface area contributed by atoms with E-state index in [-0.39, 0.29) is 28.3 Å². The van der Waals surface area contributed by atoms with Crippen molar-refractivity contribution < 1.29 is 22.4 Å². The summed E-state index contributed by atoms with van der Waals surface area (Å²) in [5.74, 6) is -0.442. The van der Waals surface area contributed by atoms with E-state index in [1.807, 2.05) is 0 Å². The molecule has 3 aromatic rings. The lowest BCUT2D eigenvalue weighted by atomic mass is 10.2. The number of furan rings is 1. The third kappa shape index (κ3) is 4.71. The molecule has 0 saturated carbocycles. The van der Waals surface area contributed by atoms with Crippen LogP contribution in [0.2, 0.25) is 0 Å². The van der Waals surface area contributed by atoms with Crippen molar-refractivity contribution in [3.8, 4) is 0 Å². The Kier molecular flexibility index (Phi) is 6.21. The van der Waals surface area contributed by atoms with E-state index in [1.54, 1.807) is 53.9 Å². The lowest BCUT2D eigenvalue weighted by Crippen LogP contribution is -2.45. The number of thiophene rings is 1. The molecule has 0 bridgehead atoms. The SMILES string of the molecule is O=C(Nc1ccc(CNC(=O)C2CCCN2S(=O)(=O)c2cccs2)cc1)c1ccco1. The van der Waals surface area contributed by atoms with E-state index in [4.69, 9.17) is 4.42 Å². The topological polar surface area (TPSA) is 109 Å². The van der Waals surface area contributed by atoms with Gasteiger partial charge in [-0.05, 0) is 54.1 Å². The molecule has 1 unspecified atom stereocenters. The molecule has 8 nitrogen and oxygen atoms in total. The van der Waals surface area contributed by atoms with Gasteiger partial charge in [0, 0.05) is 18.8 Å². The minimum atomic E-state index is -3.67. The van der Waals surface area contributed by atoms with Gasteiger partial charge in [0.25, 0.3) is 15.9 Å². The molecule has 162 valence electrons. The smallest absolute Gasteiger partial charge is 0.291 e. The van der Waals surface area contributed by atoms with Crippen molar-refractivity contribution in [2.45, 2.75) is 29.6 Å². The highest BCUT2D eigenvalue weighted by Gasteiger charge is 2.39. The van der Waals surface area contributed by atoms with Crippen LogP contribution < -0.4 is 10.6 Å². The molecule has 1 fully saturated rings. The van der Waals surface area contributed by atoms with E-state index in [0.717, 1.165) is 16.9 Å². The first-order valence-corrected chi connectivity index (χ1v) is 12.0. The second kappa shape index (κ2) is 9.04. The third-order valence-electron chi connectivity index (χ3n) is 4.99. The van der Waals surface area contributed by atoms with Crippen molar-refractivity contribution in [3.63, 3.8) is 0 Å². The first-order valence-electron chi connectivity index (χ1n) is 9.72. The van der Waals surface area contributed by atoms with Gasteiger partial charge in [0.05, 0.1) is 6.26 Å². The molecule has 1 aromatic carbocycles. The Balaban J connectivity index is 1.34. The number of sulfonamides is 1. The van der Waals surface area contributed by atoms with Crippen molar-refractivity contribution >= 4 is 38.9 Å².